The average molecular weight is 185 g/mol. The lowest BCUT2D eigenvalue weighted by Gasteiger charge is -2.13. The fourth-order valence-electron chi connectivity index (χ4n) is 2.10. The van der Waals surface area contributed by atoms with E-state index in [9.17, 15) is 0 Å². The Morgan fingerprint density at radius 1 is 1.21 bits per heavy atom. The van der Waals surface area contributed by atoms with Crippen molar-refractivity contribution in [3.8, 4) is 11.3 Å². The molecule has 0 unspecified atom stereocenters. The second-order valence-corrected chi connectivity index (χ2v) is 3.76. The summed E-state index contributed by atoms with van der Waals surface area (Å²) in [6, 6.07) is 0. The SMILES string of the molecule is Cn1cc2c(c1)-c1ncncc1CC2. The molecule has 14 heavy (non-hydrogen) atoms. The van der Waals surface area contributed by atoms with Crippen LogP contribution in [0.5, 0.6) is 0 Å². The maximum atomic E-state index is 4.35. The highest BCUT2D eigenvalue weighted by molar-refractivity contribution is 5.68. The molecule has 2 heterocycles. The first-order valence-electron chi connectivity index (χ1n) is 4.78. The fourth-order valence-corrected chi connectivity index (χ4v) is 2.10. The van der Waals surface area contributed by atoms with Crippen LogP contribution < -0.4 is 0 Å². The Hall–Kier alpha value is -1.64. The van der Waals surface area contributed by atoms with Crippen LogP contribution in [-0.2, 0) is 19.9 Å². The Morgan fingerprint density at radius 3 is 3.00 bits per heavy atom. The summed E-state index contributed by atoms with van der Waals surface area (Å²) >= 11 is 0. The van der Waals surface area contributed by atoms with E-state index in [0.29, 0.717) is 0 Å². The Bertz CT molecular complexity index is 485. The molecule has 1 aliphatic carbocycles. The number of aryl methyl sites for hydroxylation is 3. The lowest BCUT2D eigenvalue weighted by molar-refractivity contribution is 0.895. The molecule has 0 aliphatic heterocycles. The van der Waals surface area contributed by atoms with E-state index in [1.54, 1.807) is 6.33 Å². The second kappa shape index (κ2) is 2.67. The number of aromatic nitrogens is 3. The van der Waals surface area contributed by atoms with Crippen LogP contribution in [-0.4, -0.2) is 14.5 Å². The topological polar surface area (TPSA) is 30.7 Å². The quantitative estimate of drug-likeness (QED) is 0.624. The fraction of sp³-hybridized carbons (Fsp3) is 0.273. The van der Waals surface area contributed by atoms with Gasteiger partial charge in [0.25, 0.3) is 0 Å². The first kappa shape index (κ1) is 7.74. The summed E-state index contributed by atoms with van der Waals surface area (Å²) in [5.41, 5.74) is 5.06. The van der Waals surface area contributed by atoms with Gasteiger partial charge in [-0.15, -0.1) is 0 Å². The third-order valence-corrected chi connectivity index (χ3v) is 2.74. The molecule has 1 aliphatic rings. The Kier molecular flexibility index (Phi) is 1.48. The molecule has 0 saturated heterocycles. The van der Waals surface area contributed by atoms with Crippen molar-refractivity contribution in [2.75, 3.05) is 0 Å². The van der Waals surface area contributed by atoms with Crippen molar-refractivity contribution in [2.45, 2.75) is 12.8 Å². The van der Waals surface area contributed by atoms with E-state index < -0.39 is 0 Å². The van der Waals surface area contributed by atoms with E-state index >= 15 is 0 Å². The molecule has 0 radical (unpaired) electrons. The van der Waals surface area contributed by atoms with E-state index in [1.165, 1.54) is 16.7 Å². The van der Waals surface area contributed by atoms with Crippen LogP contribution in [0.1, 0.15) is 11.1 Å². The predicted molar refractivity (Wildman–Crippen MR) is 53.8 cm³/mol. The van der Waals surface area contributed by atoms with Crippen molar-refractivity contribution in [2.24, 2.45) is 7.05 Å². The smallest absolute Gasteiger partial charge is 0.116 e. The summed E-state index contributed by atoms with van der Waals surface area (Å²) in [5, 5.41) is 0. The van der Waals surface area contributed by atoms with Gasteiger partial charge < -0.3 is 4.57 Å². The molecular formula is C11H11N3. The van der Waals surface area contributed by atoms with Gasteiger partial charge in [-0.1, -0.05) is 0 Å². The molecule has 70 valence electrons. The highest BCUT2D eigenvalue weighted by Crippen LogP contribution is 2.31. The molecule has 0 spiro atoms. The molecular weight excluding hydrogens is 174 g/mol. The van der Waals surface area contributed by atoms with Crippen molar-refractivity contribution < 1.29 is 0 Å². The molecule has 0 bridgehead atoms. The summed E-state index contributed by atoms with van der Waals surface area (Å²) in [7, 11) is 2.05. The third-order valence-electron chi connectivity index (χ3n) is 2.74. The van der Waals surface area contributed by atoms with Gasteiger partial charge in [0.05, 0.1) is 5.69 Å². The number of hydrogen-bond acceptors (Lipinski definition) is 2. The molecule has 2 aromatic heterocycles. The number of nitrogens with zero attached hydrogens (tertiary/aromatic N) is 3. The lowest BCUT2D eigenvalue weighted by Crippen LogP contribution is -2.03. The standard InChI is InChI=1S/C11H11N3/c1-14-5-9-3-2-8-4-12-7-13-11(8)10(9)6-14/h4-7H,2-3H2,1H3. The van der Waals surface area contributed by atoms with Gasteiger partial charge in [0.2, 0.25) is 0 Å². The van der Waals surface area contributed by atoms with Crippen LogP contribution in [0.2, 0.25) is 0 Å². The predicted octanol–water partition coefficient (Wildman–Crippen LogP) is 1.58. The van der Waals surface area contributed by atoms with Crippen LogP contribution in [0.4, 0.5) is 0 Å². The zero-order chi connectivity index (χ0) is 9.54. The molecule has 3 rings (SSSR count). The minimum absolute atomic E-state index is 1.06. The monoisotopic (exact) mass is 185 g/mol. The Labute approximate surface area is 82.4 Å². The Balaban J connectivity index is 2.28. The largest absolute Gasteiger partial charge is 0.356 e. The van der Waals surface area contributed by atoms with Crippen LogP contribution >= 0.6 is 0 Å². The van der Waals surface area contributed by atoms with E-state index in [1.807, 2.05) is 6.20 Å². The maximum Gasteiger partial charge on any atom is 0.116 e. The second-order valence-electron chi connectivity index (χ2n) is 3.76. The van der Waals surface area contributed by atoms with Crippen molar-refractivity contribution in [1.29, 1.82) is 0 Å². The van der Waals surface area contributed by atoms with Gasteiger partial charge in [0, 0.05) is 31.2 Å². The zero-order valence-electron chi connectivity index (χ0n) is 8.07. The first-order chi connectivity index (χ1) is 6.84. The molecule has 0 amide bonds. The average Bonchev–Trinajstić information content (AvgIpc) is 2.59. The summed E-state index contributed by atoms with van der Waals surface area (Å²) in [4.78, 5) is 8.41. The summed E-state index contributed by atoms with van der Waals surface area (Å²) in [6.45, 7) is 0. The first-order valence-corrected chi connectivity index (χ1v) is 4.78. The van der Waals surface area contributed by atoms with Crippen LogP contribution in [0.3, 0.4) is 0 Å². The van der Waals surface area contributed by atoms with E-state index in [2.05, 4.69) is 34.0 Å². The van der Waals surface area contributed by atoms with Crippen LogP contribution in [0, 0.1) is 0 Å². The normalized spacial score (nSPS) is 13.5. The van der Waals surface area contributed by atoms with E-state index in [0.717, 1.165) is 18.5 Å². The molecule has 3 heteroatoms. The van der Waals surface area contributed by atoms with Crippen molar-refractivity contribution >= 4 is 0 Å². The van der Waals surface area contributed by atoms with Crippen molar-refractivity contribution in [3.05, 3.63) is 36.0 Å². The van der Waals surface area contributed by atoms with E-state index in [-0.39, 0.29) is 0 Å². The summed E-state index contributed by atoms with van der Waals surface area (Å²) in [5.74, 6) is 0. The van der Waals surface area contributed by atoms with Gasteiger partial charge in [-0.2, -0.15) is 0 Å². The van der Waals surface area contributed by atoms with Gasteiger partial charge >= 0.3 is 0 Å². The van der Waals surface area contributed by atoms with Crippen LogP contribution in [0.25, 0.3) is 11.3 Å². The zero-order valence-corrected chi connectivity index (χ0v) is 8.07. The lowest BCUT2D eigenvalue weighted by atomic mass is 9.93. The Morgan fingerprint density at radius 2 is 2.07 bits per heavy atom. The number of hydrogen-bond donors (Lipinski definition) is 0. The molecule has 0 fully saturated rings. The molecule has 2 aromatic rings. The molecule has 0 atom stereocenters. The van der Waals surface area contributed by atoms with Gasteiger partial charge in [-0.05, 0) is 24.0 Å². The van der Waals surface area contributed by atoms with Crippen molar-refractivity contribution in [3.63, 3.8) is 0 Å². The van der Waals surface area contributed by atoms with Gasteiger partial charge in [0.15, 0.2) is 0 Å². The minimum atomic E-state index is 1.06. The highest BCUT2D eigenvalue weighted by Gasteiger charge is 2.18. The van der Waals surface area contributed by atoms with Crippen LogP contribution in [0.15, 0.2) is 24.9 Å². The van der Waals surface area contributed by atoms with Gasteiger partial charge in [-0.3, -0.25) is 0 Å². The summed E-state index contributed by atoms with van der Waals surface area (Å²) in [6.07, 6.45) is 10.0. The number of rotatable bonds is 0. The third kappa shape index (κ3) is 0.985. The maximum absolute atomic E-state index is 4.35. The van der Waals surface area contributed by atoms with Gasteiger partial charge in [-0.25, -0.2) is 9.97 Å². The molecule has 0 N–H and O–H groups in total. The van der Waals surface area contributed by atoms with E-state index in [4.69, 9.17) is 0 Å². The number of fused-ring (bicyclic) bond motifs is 3. The minimum Gasteiger partial charge on any atom is -0.356 e. The summed E-state index contributed by atoms with van der Waals surface area (Å²) < 4.78 is 2.10. The van der Waals surface area contributed by atoms with Gasteiger partial charge in [0.1, 0.15) is 6.33 Å². The highest BCUT2D eigenvalue weighted by atomic mass is 14.9. The molecule has 3 nitrogen and oxygen atoms in total. The van der Waals surface area contributed by atoms with Crippen molar-refractivity contribution in [1.82, 2.24) is 14.5 Å². The molecule has 0 saturated carbocycles. The molecule has 0 aromatic carbocycles.